The molecule has 122 valence electrons. The van der Waals surface area contributed by atoms with Gasteiger partial charge in [0.15, 0.2) is 0 Å². The summed E-state index contributed by atoms with van der Waals surface area (Å²) in [5.41, 5.74) is 4.37. The number of hydrogen-bond donors (Lipinski definition) is 1. The monoisotopic (exact) mass is 314 g/mol. The van der Waals surface area contributed by atoms with Crippen LogP contribution in [0, 0.1) is 13.8 Å². The van der Waals surface area contributed by atoms with Crippen LogP contribution in [-0.2, 0) is 23.0 Å². The molecule has 0 saturated carbocycles. The molecule has 1 heterocycles. The fourth-order valence-electron chi connectivity index (χ4n) is 2.39. The van der Waals surface area contributed by atoms with Crippen molar-refractivity contribution in [3.05, 3.63) is 52.8 Å². The summed E-state index contributed by atoms with van der Waals surface area (Å²) in [6.45, 7) is 6.12. The Hall–Kier alpha value is -2.56. The van der Waals surface area contributed by atoms with Crippen molar-refractivity contribution in [3.63, 3.8) is 0 Å². The van der Waals surface area contributed by atoms with Crippen LogP contribution in [0.2, 0.25) is 0 Å². The van der Waals surface area contributed by atoms with E-state index in [4.69, 9.17) is 4.74 Å². The van der Waals surface area contributed by atoms with Crippen LogP contribution in [0.1, 0.15) is 34.2 Å². The second kappa shape index (κ2) is 7.13. The van der Waals surface area contributed by atoms with Crippen molar-refractivity contribution in [2.45, 2.75) is 27.2 Å². The molecule has 0 radical (unpaired) electrons. The largest absolute Gasteiger partial charge is 0.462 e. The van der Waals surface area contributed by atoms with Gasteiger partial charge in [-0.25, -0.2) is 4.79 Å². The van der Waals surface area contributed by atoms with Gasteiger partial charge in [-0.2, -0.15) is 0 Å². The maximum absolute atomic E-state index is 12.2. The number of nitrogens with one attached hydrogen (secondary N) is 1. The van der Waals surface area contributed by atoms with Crippen molar-refractivity contribution < 1.29 is 14.3 Å². The van der Waals surface area contributed by atoms with Crippen molar-refractivity contribution >= 4 is 17.6 Å². The molecule has 5 nitrogen and oxygen atoms in total. The van der Waals surface area contributed by atoms with Gasteiger partial charge in [0.05, 0.1) is 18.6 Å². The lowest BCUT2D eigenvalue weighted by atomic mass is 10.1. The Morgan fingerprint density at radius 1 is 1.17 bits per heavy atom. The highest BCUT2D eigenvalue weighted by Gasteiger charge is 2.11. The average Bonchev–Trinajstić information content (AvgIpc) is 2.75. The van der Waals surface area contributed by atoms with E-state index in [-0.39, 0.29) is 11.9 Å². The summed E-state index contributed by atoms with van der Waals surface area (Å²) in [6.07, 6.45) is 0.327. The number of aromatic nitrogens is 1. The molecule has 0 unspecified atom stereocenters. The summed E-state index contributed by atoms with van der Waals surface area (Å²) in [5, 5.41) is 2.84. The molecule has 2 aromatic rings. The molecule has 0 aliphatic rings. The molecule has 0 saturated heterocycles. The Morgan fingerprint density at radius 3 is 2.35 bits per heavy atom. The van der Waals surface area contributed by atoms with Gasteiger partial charge in [0.25, 0.3) is 0 Å². The first-order valence-electron chi connectivity index (χ1n) is 7.61. The zero-order chi connectivity index (χ0) is 17.0. The second-order valence-electron chi connectivity index (χ2n) is 5.48. The molecule has 1 aromatic carbocycles. The number of anilines is 1. The lowest BCUT2D eigenvalue weighted by Crippen LogP contribution is -2.15. The minimum absolute atomic E-state index is 0.0809. The highest BCUT2D eigenvalue weighted by Crippen LogP contribution is 2.15. The van der Waals surface area contributed by atoms with Crippen LogP contribution in [0.15, 0.2) is 30.3 Å². The van der Waals surface area contributed by atoms with Crippen LogP contribution in [0.3, 0.4) is 0 Å². The third-order valence-corrected chi connectivity index (χ3v) is 3.91. The fraction of sp³-hybridized carbons (Fsp3) is 0.333. The topological polar surface area (TPSA) is 60.3 Å². The van der Waals surface area contributed by atoms with Gasteiger partial charge in [-0.1, -0.05) is 0 Å². The number of ether oxygens (including phenoxy) is 1. The SMILES string of the molecule is CCOC(=O)c1ccc(NC(=O)Cc2cc(C)n(C)c2C)cc1. The van der Waals surface area contributed by atoms with E-state index in [0.717, 1.165) is 17.0 Å². The Kier molecular flexibility index (Phi) is 5.21. The summed E-state index contributed by atoms with van der Waals surface area (Å²) in [6, 6.07) is 8.72. The van der Waals surface area contributed by atoms with Crippen LogP contribution < -0.4 is 5.32 Å². The molecular formula is C18H22N2O3. The summed E-state index contributed by atoms with van der Waals surface area (Å²) < 4.78 is 6.99. The first-order chi connectivity index (χ1) is 10.9. The Balaban J connectivity index is 2.00. The van der Waals surface area contributed by atoms with Crippen molar-refractivity contribution in [3.8, 4) is 0 Å². The average molecular weight is 314 g/mol. The van der Waals surface area contributed by atoms with Crippen LogP contribution in [-0.4, -0.2) is 23.1 Å². The van der Waals surface area contributed by atoms with Crippen LogP contribution in [0.4, 0.5) is 5.69 Å². The normalized spacial score (nSPS) is 10.4. The third kappa shape index (κ3) is 4.00. The Bertz CT molecular complexity index is 715. The molecule has 23 heavy (non-hydrogen) atoms. The minimum Gasteiger partial charge on any atom is -0.462 e. The molecule has 0 fully saturated rings. The van der Waals surface area contributed by atoms with Gasteiger partial charge in [-0.3, -0.25) is 4.79 Å². The van der Waals surface area contributed by atoms with Gasteiger partial charge in [-0.15, -0.1) is 0 Å². The molecule has 0 bridgehead atoms. The zero-order valence-electron chi connectivity index (χ0n) is 14.0. The number of hydrogen-bond acceptors (Lipinski definition) is 3. The molecule has 0 spiro atoms. The first-order valence-corrected chi connectivity index (χ1v) is 7.61. The molecule has 0 aliphatic heterocycles. The molecule has 0 atom stereocenters. The van der Waals surface area contributed by atoms with Crippen molar-refractivity contribution in [2.75, 3.05) is 11.9 Å². The number of esters is 1. The maximum atomic E-state index is 12.2. The smallest absolute Gasteiger partial charge is 0.338 e. The van der Waals surface area contributed by atoms with Gasteiger partial charge in [-0.05, 0) is 56.7 Å². The number of benzene rings is 1. The number of carbonyl (C=O) groups is 2. The van der Waals surface area contributed by atoms with Gasteiger partial charge >= 0.3 is 5.97 Å². The second-order valence-corrected chi connectivity index (χ2v) is 5.48. The molecule has 0 aliphatic carbocycles. The maximum Gasteiger partial charge on any atom is 0.338 e. The van der Waals surface area contributed by atoms with Gasteiger partial charge in [0.1, 0.15) is 0 Å². The molecule has 1 N–H and O–H groups in total. The zero-order valence-corrected chi connectivity index (χ0v) is 14.0. The molecule has 2 rings (SSSR count). The summed E-state index contributed by atoms with van der Waals surface area (Å²) >= 11 is 0. The molecule has 1 aromatic heterocycles. The van der Waals surface area contributed by atoms with E-state index in [2.05, 4.69) is 9.88 Å². The van der Waals surface area contributed by atoms with E-state index in [1.165, 1.54) is 0 Å². The third-order valence-electron chi connectivity index (χ3n) is 3.91. The van der Waals surface area contributed by atoms with E-state index in [1.807, 2.05) is 27.0 Å². The summed E-state index contributed by atoms with van der Waals surface area (Å²) in [7, 11) is 1.99. The first kappa shape index (κ1) is 16.8. The molecular weight excluding hydrogens is 292 g/mol. The number of amides is 1. The van der Waals surface area contributed by atoms with Crippen LogP contribution in [0.5, 0.6) is 0 Å². The Labute approximate surface area is 136 Å². The lowest BCUT2D eigenvalue weighted by molar-refractivity contribution is -0.115. The number of nitrogens with zero attached hydrogens (tertiary/aromatic N) is 1. The van der Waals surface area contributed by atoms with Gasteiger partial charge in [0, 0.05) is 24.1 Å². The number of carbonyl (C=O) groups excluding carboxylic acids is 2. The van der Waals surface area contributed by atoms with E-state index >= 15 is 0 Å². The fourth-order valence-corrected chi connectivity index (χ4v) is 2.39. The summed E-state index contributed by atoms with van der Waals surface area (Å²) in [5.74, 6) is -0.441. The van der Waals surface area contributed by atoms with Crippen LogP contribution >= 0.6 is 0 Å². The van der Waals surface area contributed by atoms with Gasteiger partial charge in [0.2, 0.25) is 5.91 Å². The van der Waals surface area contributed by atoms with Crippen molar-refractivity contribution in [2.24, 2.45) is 7.05 Å². The standard InChI is InChI=1S/C18H22N2O3/c1-5-23-18(22)14-6-8-16(9-7-14)19-17(21)11-15-10-12(2)20(4)13(15)3/h6-10H,5,11H2,1-4H3,(H,19,21). The van der Waals surface area contributed by atoms with Crippen molar-refractivity contribution in [1.29, 1.82) is 0 Å². The Morgan fingerprint density at radius 2 is 1.83 bits per heavy atom. The minimum atomic E-state index is -0.360. The highest BCUT2D eigenvalue weighted by molar-refractivity contribution is 5.94. The quantitative estimate of drug-likeness (QED) is 0.863. The van der Waals surface area contributed by atoms with Crippen molar-refractivity contribution in [1.82, 2.24) is 4.57 Å². The molecule has 5 heteroatoms. The number of rotatable bonds is 5. The van der Waals surface area contributed by atoms with E-state index in [9.17, 15) is 9.59 Å². The predicted molar refractivity (Wildman–Crippen MR) is 89.6 cm³/mol. The lowest BCUT2D eigenvalue weighted by Gasteiger charge is -2.07. The van der Waals surface area contributed by atoms with Crippen LogP contribution in [0.25, 0.3) is 0 Å². The highest BCUT2D eigenvalue weighted by atomic mass is 16.5. The van der Waals surface area contributed by atoms with E-state index < -0.39 is 0 Å². The van der Waals surface area contributed by atoms with E-state index in [0.29, 0.717) is 24.3 Å². The number of aryl methyl sites for hydroxylation is 1. The predicted octanol–water partition coefficient (Wildman–Crippen LogP) is 3.00. The molecule has 1 amide bonds. The van der Waals surface area contributed by atoms with Gasteiger partial charge < -0.3 is 14.6 Å². The summed E-state index contributed by atoms with van der Waals surface area (Å²) in [4.78, 5) is 23.7. The van der Waals surface area contributed by atoms with E-state index in [1.54, 1.807) is 31.2 Å².